The van der Waals surface area contributed by atoms with Gasteiger partial charge in [0.1, 0.15) is 0 Å². The van der Waals surface area contributed by atoms with Crippen molar-refractivity contribution in [1.29, 1.82) is 0 Å². The lowest BCUT2D eigenvalue weighted by molar-refractivity contribution is 0.793. The molecular formula is C10H12Cl2N2. The van der Waals surface area contributed by atoms with Crippen molar-refractivity contribution in [2.45, 2.75) is 12.5 Å². The Morgan fingerprint density at radius 2 is 2.14 bits per heavy atom. The van der Waals surface area contributed by atoms with E-state index in [1.807, 2.05) is 18.2 Å². The van der Waals surface area contributed by atoms with Crippen molar-refractivity contribution in [1.82, 2.24) is 5.32 Å². The smallest absolute Gasteiger partial charge is 0.0612 e. The molecule has 1 fully saturated rings. The Morgan fingerprint density at radius 1 is 1.29 bits per heavy atom. The number of rotatable bonds is 2. The third-order valence-electron chi connectivity index (χ3n) is 2.35. The van der Waals surface area contributed by atoms with Crippen molar-refractivity contribution in [3.8, 4) is 0 Å². The van der Waals surface area contributed by atoms with Crippen LogP contribution in [0.5, 0.6) is 0 Å². The fraction of sp³-hybridized carbons (Fsp3) is 0.400. The zero-order valence-corrected chi connectivity index (χ0v) is 9.20. The summed E-state index contributed by atoms with van der Waals surface area (Å²) < 4.78 is 0. The highest BCUT2D eigenvalue weighted by atomic mass is 35.5. The van der Waals surface area contributed by atoms with Gasteiger partial charge >= 0.3 is 0 Å². The molecule has 2 rings (SSSR count). The van der Waals surface area contributed by atoms with Gasteiger partial charge in [0.2, 0.25) is 0 Å². The average Bonchev–Trinajstić information content (AvgIpc) is 2.64. The van der Waals surface area contributed by atoms with Gasteiger partial charge in [-0.05, 0) is 31.2 Å². The minimum Gasteiger partial charge on any atom is -0.381 e. The lowest BCUT2D eigenvalue weighted by Crippen LogP contribution is -2.21. The van der Waals surface area contributed by atoms with Crippen LogP contribution in [0.1, 0.15) is 6.42 Å². The molecule has 0 amide bonds. The van der Waals surface area contributed by atoms with Crippen LogP contribution in [0.15, 0.2) is 18.2 Å². The van der Waals surface area contributed by atoms with Crippen molar-refractivity contribution >= 4 is 28.9 Å². The predicted octanol–water partition coefficient (Wildman–Crippen LogP) is 2.77. The van der Waals surface area contributed by atoms with Crippen molar-refractivity contribution in [2.24, 2.45) is 0 Å². The average molecular weight is 231 g/mol. The summed E-state index contributed by atoms with van der Waals surface area (Å²) >= 11 is 11.7. The van der Waals surface area contributed by atoms with Crippen LogP contribution in [0.25, 0.3) is 0 Å². The van der Waals surface area contributed by atoms with Gasteiger partial charge in [-0.3, -0.25) is 0 Å². The van der Waals surface area contributed by atoms with E-state index in [2.05, 4.69) is 10.6 Å². The van der Waals surface area contributed by atoms with Crippen LogP contribution in [-0.4, -0.2) is 19.1 Å². The Morgan fingerprint density at radius 3 is 2.79 bits per heavy atom. The first-order chi connectivity index (χ1) is 6.75. The Labute approximate surface area is 93.6 Å². The summed E-state index contributed by atoms with van der Waals surface area (Å²) in [6, 6.07) is 6.14. The maximum absolute atomic E-state index is 5.91. The molecule has 76 valence electrons. The summed E-state index contributed by atoms with van der Waals surface area (Å²) in [5.74, 6) is 0. The van der Waals surface area contributed by atoms with Gasteiger partial charge < -0.3 is 10.6 Å². The van der Waals surface area contributed by atoms with Gasteiger partial charge in [0.05, 0.1) is 10.0 Å². The Kier molecular flexibility index (Phi) is 3.16. The highest BCUT2D eigenvalue weighted by molar-refractivity contribution is 6.42. The molecule has 0 spiro atoms. The zero-order valence-electron chi connectivity index (χ0n) is 7.69. The molecule has 1 saturated heterocycles. The first kappa shape index (κ1) is 10.1. The molecule has 4 heteroatoms. The van der Waals surface area contributed by atoms with Gasteiger partial charge in [-0.15, -0.1) is 0 Å². The third kappa shape index (κ3) is 2.32. The van der Waals surface area contributed by atoms with Crippen molar-refractivity contribution < 1.29 is 0 Å². The minimum atomic E-state index is 0.507. The highest BCUT2D eigenvalue weighted by Gasteiger charge is 2.13. The lowest BCUT2D eigenvalue weighted by atomic mass is 10.2. The second kappa shape index (κ2) is 4.39. The van der Waals surface area contributed by atoms with Gasteiger partial charge in [0.15, 0.2) is 0 Å². The molecule has 0 bridgehead atoms. The Bertz CT molecular complexity index is 322. The van der Waals surface area contributed by atoms with E-state index in [9.17, 15) is 0 Å². The van der Waals surface area contributed by atoms with E-state index in [1.54, 1.807) is 0 Å². The Balaban J connectivity index is 2.05. The minimum absolute atomic E-state index is 0.507. The number of halogens is 2. The molecule has 1 atom stereocenters. The van der Waals surface area contributed by atoms with E-state index < -0.39 is 0 Å². The summed E-state index contributed by atoms with van der Waals surface area (Å²) in [6.07, 6.45) is 1.15. The molecule has 1 aromatic rings. The number of benzene rings is 1. The fourth-order valence-electron chi connectivity index (χ4n) is 1.60. The normalized spacial score (nSPS) is 21.1. The zero-order chi connectivity index (χ0) is 9.97. The van der Waals surface area contributed by atoms with E-state index in [0.717, 1.165) is 25.2 Å². The molecule has 0 unspecified atom stereocenters. The summed E-state index contributed by atoms with van der Waals surface area (Å²) in [5.41, 5.74) is 1.04. The molecule has 2 nitrogen and oxygen atoms in total. The summed E-state index contributed by atoms with van der Waals surface area (Å²) in [7, 11) is 0. The molecule has 0 saturated carbocycles. The van der Waals surface area contributed by atoms with Crippen molar-refractivity contribution in [3.63, 3.8) is 0 Å². The number of nitrogens with one attached hydrogen (secondary N) is 2. The molecule has 0 aliphatic carbocycles. The fourth-order valence-corrected chi connectivity index (χ4v) is 1.90. The largest absolute Gasteiger partial charge is 0.381 e. The van der Waals surface area contributed by atoms with Crippen LogP contribution >= 0.6 is 23.2 Å². The maximum atomic E-state index is 5.91. The summed E-state index contributed by atoms with van der Waals surface area (Å²) in [4.78, 5) is 0. The van der Waals surface area contributed by atoms with Crippen LogP contribution < -0.4 is 10.6 Å². The second-order valence-corrected chi connectivity index (χ2v) is 4.28. The Hall–Kier alpha value is -0.440. The monoisotopic (exact) mass is 230 g/mol. The molecule has 1 aromatic carbocycles. The molecule has 1 aliphatic rings. The third-order valence-corrected chi connectivity index (χ3v) is 3.09. The molecule has 2 N–H and O–H groups in total. The van der Waals surface area contributed by atoms with Crippen LogP contribution in [0, 0.1) is 0 Å². The number of anilines is 1. The quantitative estimate of drug-likeness (QED) is 0.817. The molecule has 1 aliphatic heterocycles. The van der Waals surface area contributed by atoms with Gasteiger partial charge in [-0.1, -0.05) is 23.2 Å². The van der Waals surface area contributed by atoms with Crippen LogP contribution in [0.2, 0.25) is 10.0 Å². The van der Waals surface area contributed by atoms with Crippen molar-refractivity contribution in [2.75, 3.05) is 18.4 Å². The first-order valence-corrected chi connectivity index (χ1v) is 5.43. The van der Waals surface area contributed by atoms with Gasteiger partial charge in [0, 0.05) is 18.3 Å². The summed E-state index contributed by atoms with van der Waals surface area (Å²) in [5, 5.41) is 7.90. The second-order valence-electron chi connectivity index (χ2n) is 3.46. The van der Waals surface area contributed by atoms with E-state index in [1.165, 1.54) is 0 Å². The van der Waals surface area contributed by atoms with Crippen LogP contribution in [0.4, 0.5) is 5.69 Å². The van der Waals surface area contributed by atoms with Crippen molar-refractivity contribution in [3.05, 3.63) is 28.2 Å². The van der Waals surface area contributed by atoms with Crippen LogP contribution in [-0.2, 0) is 0 Å². The molecule has 14 heavy (non-hydrogen) atoms. The van der Waals surface area contributed by atoms with Gasteiger partial charge in [0.25, 0.3) is 0 Å². The van der Waals surface area contributed by atoms with Crippen LogP contribution in [0.3, 0.4) is 0 Å². The molecule has 1 heterocycles. The van der Waals surface area contributed by atoms with E-state index >= 15 is 0 Å². The summed E-state index contributed by atoms with van der Waals surface area (Å²) in [6.45, 7) is 2.10. The number of hydrogen-bond acceptors (Lipinski definition) is 2. The van der Waals surface area contributed by atoms with Gasteiger partial charge in [-0.25, -0.2) is 0 Å². The SMILES string of the molecule is Clc1ccc(N[C@H]2CCNC2)cc1Cl. The topological polar surface area (TPSA) is 24.1 Å². The van der Waals surface area contributed by atoms with E-state index in [4.69, 9.17) is 23.2 Å². The lowest BCUT2D eigenvalue weighted by Gasteiger charge is -2.13. The predicted molar refractivity (Wildman–Crippen MR) is 61.4 cm³/mol. The molecule has 0 radical (unpaired) electrons. The number of hydrogen-bond donors (Lipinski definition) is 2. The van der Waals surface area contributed by atoms with Gasteiger partial charge in [-0.2, -0.15) is 0 Å². The standard InChI is InChI=1S/C10H12Cl2N2/c11-9-2-1-7(5-10(9)12)14-8-3-4-13-6-8/h1-2,5,8,13-14H,3-4,6H2/t8-/m0/s1. The molecular weight excluding hydrogens is 219 g/mol. The maximum Gasteiger partial charge on any atom is 0.0612 e. The first-order valence-electron chi connectivity index (χ1n) is 4.68. The van der Waals surface area contributed by atoms with E-state index in [-0.39, 0.29) is 0 Å². The van der Waals surface area contributed by atoms with E-state index in [0.29, 0.717) is 16.1 Å². The molecule has 0 aromatic heterocycles. The highest BCUT2D eigenvalue weighted by Crippen LogP contribution is 2.25.